The van der Waals surface area contributed by atoms with E-state index in [-0.39, 0.29) is 0 Å². The summed E-state index contributed by atoms with van der Waals surface area (Å²) in [7, 11) is 1.66. The fourth-order valence-electron chi connectivity index (χ4n) is 1.45. The Morgan fingerprint density at radius 3 is 3.00 bits per heavy atom. The van der Waals surface area contributed by atoms with Gasteiger partial charge in [0.05, 0.1) is 6.61 Å². The molecule has 15 heavy (non-hydrogen) atoms. The molecule has 2 aromatic rings. The van der Waals surface area contributed by atoms with E-state index in [4.69, 9.17) is 9.47 Å². The maximum atomic E-state index is 5.61. The second kappa shape index (κ2) is 4.75. The van der Waals surface area contributed by atoms with Crippen LogP contribution in [-0.4, -0.2) is 25.3 Å². The molecule has 0 atom stereocenters. The van der Waals surface area contributed by atoms with Crippen LogP contribution in [0.25, 0.3) is 10.8 Å². The second-order valence-corrected chi connectivity index (χ2v) is 3.19. The van der Waals surface area contributed by atoms with E-state index in [2.05, 4.69) is 4.98 Å². The van der Waals surface area contributed by atoms with Gasteiger partial charge in [-0.1, -0.05) is 12.1 Å². The van der Waals surface area contributed by atoms with Gasteiger partial charge in [0.1, 0.15) is 12.4 Å². The summed E-state index contributed by atoms with van der Waals surface area (Å²) in [5.41, 5.74) is 0. The molecule has 0 bridgehead atoms. The molecule has 2 rings (SSSR count). The van der Waals surface area contributed by atoms with E-state index in [0.29, 0.717) is 13.2 Å². The maximum absolute atomic E-state index is 5.61. The van der Waals surface area contributed by atoms with Crippen LogP contribution < -0.4 is 4.74 Å². The van der Waals surface area contributed by atoms with Crippen molar-refractivity contribution in [3.8, 4) is 5.75 Å². The number of aromatic nitrogens is 1. The van der Waals surface area contributed by atoms with E-state index in [1.54, 1.807) is 13.3 Å². The Balaban J connectivity index is 2.26. The van der Waals surface area contributed by atoms with Gasteiger partial charge < -0.3 is 9.47 Å². The highest BCUT2D eigenvalue weighted by atomic mass is 16.5. The van der Waals surface area contributed by atoms with Crippen molar-refractivity contribution in [3.05, 3.63) is 36.7 Å². The summed E-state index contributed by atoms with van der Waals surface area (Å²) >= 11 is 0. The Bertz CT molecular complexity index is 437. The lowest BCUT2D eigenvalue weighted by Crippen LogP contribution is -2.04. The topological polar surface area (TPSA) is 31.4 Å². The van der Waals surface area contributed by atoms with Crippen LogP contribution in [0.4, 0.5) is 0 Å². The predicted molar refractivity (Wildman–Crippen MR) is 59.1 cm³/mol. The smallest absolute Gasteiger partial charge is 0.127 e. The summed E-state index contributed by atoms with van der Waals surface area (Å²) in [5.74, 6) is 0.881. The monoisotopic (exact) mass is 203 g/mol. The molecule has 0 aliphatic carbocycles. The molecule has 1 heterocycles. The van der Waals surface area contributed by atoms with Crippen molar-refractivity contribution in [2.75, 3.05) is 20.3 Å². The first kappa shape index (κ1) is 9.93. The summed E-state index contributed by atoms with van der Waals surface area (Å²) in [6.07, 6.45) is 3.60. The molecule has 0 saturated heterocycles. The highest BCUT2D eigenvalue weighted by molar-refractivity contribution is 5.87. The summed E-state index contributed by atoms with van der Waals surface area (Å²) < 4.78 is 10.5. The quantitative estimate of drug-likeness (QED) is 0.714. The molecule has 0 saturated carbocycles. The van der Waals surface area contributed by atoms with Crippen molar-refractivity contribution >= 4 is 10.8 Å². The lowest BCUT2D eigenvalue weighted by atomic mass is 10.1. The standard InChI is InChI=1S/C12H13NO2/c1-14-7-8-15-12-4-2-3-10-9-13-6-5-11(10)12/h2-6,9H,7-8H2,1H3. The first-order chi connectivity index (χ1) is 7.42. The summed E-state index contributed by atoms with van der Waals surface area (Å²) in [5, 5.41) is 2.18. The SMILES string of the molecule is COCCOc1cccc2cnccc12. The molecule has 1 aromatic carbocycles. The van der Waals surface area contributed by atoms with Gasteiger partial charge in [-0.2, -0.15) is 0 Å². The average molecular weight is 203 g/mol. The van der Waals surface area contributed by atoms with Crippen LogP contribution in [-0.2, 0) is 4.74 Å². The van der Waals surface area contributed by atoms with Crippen LogP contribution in [0, 0.1) is 0 Å². The van der Waals surface area contributed by atoms with Gasteiger partial charge in [-0.3, -0.25) is 4.98 Å². The Morgan fingerprint density at radius 1 is 1.20 bits per heavy atom. The Labute approximate surface area is 88.7 Å². The third-order valence-electron chi connectivity index (χ3n) is 2.19. The van der Waals surface area contributed by atoms with E-state index in [9.17, 15) is 0 Å². The maximum Gasteiger partial charge on any atom is 0.127 e. The predicted octanol–water partition coefficient (Wildman–Crippen LogP) is 2.26. The Kier molecular flexibility index (Phi) is 3.15. The fraction of sp³-hybridized carbons (Fsp3) is 0.250. The zero-order valence-corrected chi connectivity index (χ0v) is 8.64. The summed E-state index contributed by atoms with van der Waals surface area (Å²) in [6, 6.07) is 7.90. The van der Waals surface area contributed by atoms with E-state index in [1.165, 1.54) is 0 Å². The van der Waals surface area contributed by atoms with E-state index in [1.807, 2.05) is 30.5 Å². The molecule has 0 fully saturated rings. The third-order valence-corrected chi connectivity index (χ3v) is 2.19. The average Bonchev–Trinajstić information content (AvgIpc) is 2.30. The van der Waals surface area contributed by atoms with Crippen molar-refractivity contribution < 1.29 is 9.47 Å². The number of rotatable bonds is 4. The summed E-state index contributed by atoms with van der Waals surface area (Å²) in [4.78, 5) is 4.07. The van der Waals surface area contributed by atoms with Gasteiger partial charge in [-0.15, -0.1) is 0 Å². The number of pyridine rings is 1. The molecule has 0 unspecified atom stereocenters. The molecule has 1 aromatic heterocycles. The van der Waals surface area contributed by atoms with Crippen molar-refractivity contribution in [3.63, 3.8) is 0 Å². The van der Waals surface area contributed by atoms with Crippen LogP contribution in [0.15, 0.2) is 36.7 Å². The van der Waals surface area contributed by atoms with Crippen LogP contribution in [0.3, 0.4) is 0 Å². The number of nitrogens with zero attached hydrogens (tertiary/aromatic N) is 1. The van der Waals surface area contributed by atoms with Gasteiger partial charge in [0, 0.05) is 30.3 Å². The minimum atomic E-state index is 0.567. The Morgan fingerprint density at radius 2 is 2.13 bits per heavy atom. The van der Waals surface area contributed by atoms with Crippen molar-refractivity contribution in [2.45, 2.75) is 0 Å². The number of hydrogen-bond donors (Lipinski definition) is 0. The molecule has 78 valence electrons. The zero-order valence-electron chi connectivity index (χ0n) is 8.64. The van der Waals surface area contributed by atoms with Gasteiger partial charge >= 0.3 is 0 Å². The first-order valence-corrected chi connectivity index (χ1v) is 4.86. The van der Waals surface area contributed by atoms with Gasteiger partial charge in [0.2, 0.25) is 0 Å². The van der Waals surface area contributed by atoms with Gasteiger partial charge in [-0.05, 0) is 12.1 Å². The molecule has 0 aliphatic heterocycles. The number of hydrogen-bond acceptors (Lipinski definition) is 3. The molecular weight excluding hydrogens is 190 g/mol. The van der Waals surface area contributed by atoms with E-state index < -0.39 is 0 Å². The normalized spacial score (nSPS) is 10.5. The highest BCUT2D eigenvalue weighted by Gasteiger charge is 2.00. The Hall–Kier alpha value is -1.61. The largest absolute Gasteiger partial charge is 0.491 e. The third kappa shape index (κ3) is 2.25. The number of fused-ring (bicyclic) bond motifs is 1. The van der Waals surface area contributed by atoms with Crippen LogP contribution in [0.1, 0.15) is 0 Å². The first-order valence-electron chi connectivity index (χ1n) is 4.86. The molecule has 3 nitrogen and oxygen atoms in total. The molecule has 0 aliphatic rings. The van der Waals surface area contributed by atoms with Gasteiger partial charge in [-0.25, -0.2) is 0 Å². The minimum absolute atomic E-state index is 0.567. The van der Waals surface area contributed by atoms with E-state index >= 15 is 0 Å². The molecular formula is C12H13NO2. The van der Waals surface area contributed by atoms with Crippen molar-refractivity contribution in [1.29, 1.82) is 0 Å². The van der Waals surface area contributed by atoms with Crippen LogP contribution >= 0.6 is 0 Å². The highest BCUT2D eigenvalue weighted by Crippen LogP contribution is 2.24. The molecule has 0 radical (unpaired) electrons. The van der Waals surface area contributed by atoms with Crippen LogP contribution in [0.5, 0.6) is 5.75 Å². The van der Waals surface area contributed by atoms with Gasteiger partial charge in [0.25, 0.3) is 0 Å². The van der Waals surface area contributed by atoms with E-state index in [0.717, 1.165) is 16.5 Å². The van der Waals surface area contributed by atoms with Crippen molar-refractivity contribution in [2.24, 2.45) is 0 Å². The lowest BCUT2D eigenvalue weighted by Gasteiger charge is -2.08. The number of benzene rings is 1. The molecule has 0 amide bonds. The minimum Gasteiger partial charge on any atom is -0.491 e. The van der Waals surface area contributed by atoms with Gasteiger partial charge in [0.15, 0.2) is 0 Å². The molecule has 0 N–H and O–H groups in total. The number of methoxy groups -OCH3 is 1. The second-order valence-electron chi connectivity index (χ2n) is 3.19. The molecule has 0 spiro atoms. The zero-order chi connectivity index (χ0) is 10.5. The lowest BCUT2D eigenvalue weighted by molar-refractivity contribution is 0.147. The summed E-state index contributed by atoms with van der Waals surface area (Å²) in [6.45, 7) is 1.17. The fourth-order valence-corrected chi connectivity index (χ4v) is 1.45. The molecule has 3 heteroatoms. The van der Waals surface area contributed by atoms with Crippen LogP contribution in [0.2, 0.25) is 0 Å². The van der Waals surface area contributed by atoms with Crippen molar-refractivity contribution in [1.82, 2.24) is 4.98 Å². The number of ether oxygens (including phenoxy) is 2.